The number of carbonyl (C=O) groups excluding carboxylic acids is 1. The first-order valence-corrected chi connectivity index (χ1v) is 7.82. The van der Waals surface area contributed by atoms with E-state index in [0.717, 1.165) is 25.9 Å². The number of hydrogen-bond acceptors (Lipinski definition) is 3. The maximum atomic E-state index is 12.3. The van der Waals surface area contributed by atoms with Gasteiger partial charge in [-0.15, -0.1) is 0 Å². The van der Waals surface area contributed by atoms with E-state index in [9.17, 15) is 13.2 Å². The topological polar surface area (TPSA) is 85.4 Å². The monoisotopic (exact) mass is 285 g/mol. The van der Waals surface area contributed by atoms with Crippen LogP contribution in [0.5, 0.6) is 0 Å². The molecule has 1 aliphatic rings. The molecule has 0 atom stereocenters. The average Bonchev–Trinajstić information content (AvgIpc) is 2.71. The van der Waals surface area contributed by atoms with Crippen molar-refractivity contribution in [2.45, 2.75) is 24.7 Å². The lowest BCUT2D eigenvalue weighted by atomic mass is 9.99. The maximum absolute atomic E-state index is 12.3. The molecule has 1 saturated heterocycles. The van der Waals surface area contributed by atoms with E-state index < -0.39 is 10.0 Å². The third-order valence-electron chi connectivity index (χ3n) is 3.60. The van der Waals surface area contributed by atoms with Crippen LogP contribution in [0.3, 0.4) is 0 Å². The predicted molar refractivity (Wildman–Crippen MR) is 71.1 cm³/mol. The fraction of sp³-hybridized carbons (Fsp3) is 0.583. The minimum absolute atomic E-state index is 0.0243. The number of carbonyl (C=O) groups is 1. The number of amides is 1. The molecule has 2 N–H and O–H groups in total. The molecular weight excluding hydrogens is 266 g/mol. The first-order valence-electron chi connectivity index (χ1n) is 6.27. The van der Waals surface area contributed by atoms with Gasteiger partial charge in [0.15, 0.2) is 0 Å². The molecule has 1 aromatic rings. The fourth-order valence-electron chi connectivity index (χ4n) is 2.28. The molecule has 2 heterocycles. The van der Waals surface area contributed by atoms with Crippen molar-refractivity contribution >= 4 is 15.9 Å². The molecular formula is C12H19N3O3S. The van der Waals surface area contributed by atoms with Crippen molar-refractivity contribution in [3.8, 4) is 0 Å². The zero-order valence-corrected chi connectivity index (χ0v) is 12.0. The third-order valence-corrected chi connectivity index (χ3v) is 4.48. The second-order valence-corrected chi connectivity index (χ2v) is 6.75. The molecule has 106 valence electrons. The van der Waals surface area contributed by atoms with Gasteiger partial charge in [0.05, 0.1) is 0 Å². The minimum Gasteiger partial charge on any atom is -0.345 e. The van der Waals surface area contributed by atoms with Crippen LogP contribution < -0.4 is 5.14 Å². The normalized spacial score (nSPS) is 17.7. The molecule has 0 radical (unpaired) electrons. The van der Waals surface area contributed by atoms with Crippen LogP contribution in [0.15, 0.2) is 17.2 Å². The van der Waals surface area contributed by atoms with E-state index in [-0.39, 0.29) is 10.8 Å². The van der Waals surface area contributed by atoms with Gasteiger partial charge in [-0.3, -0.25) is 4.79 Å². The quantitative estimate of drug-likeness (QED) is 0.860. The van der Waals surface area contributed by atoms with Crippen molar-refractivity contribution in [2.75, 3.05) is 13.1 Å². The lowest BCUT2D eigenvalue weighted by Crippen LogP contribution is -2.38. The molecule has 1 aromatic heterocycles. The van der Waals surface area contributed by atoms with Crippen molar-refractivity contribution in [1.29, 1.82) is 0 Å². The molecule has 0 unspecified atom stereocenters. The number of sulfonamides is 1. The summed E-state index contributed by atoms with van der Waals surface area (Å²) < 4.78 is 24.1. The van der Waals surface area contributed by atoms with Crippen molar-refractivity contribution < 1.29 is 13.2 Å². The summed E-state index contributed by atoms with van der Waals surface area (Å²) in [6, 6.07) is 1.34. The number of hydrogen-bond donors (Lipinski definition) is 1. The molecule has 6 nitrogen and oxygen atoms in total. The van der Waals surface area contributed by atoms with E-state index >= 15 is 0 Å². The first-order chi connectivity index (χ1) is 8.79. The standard InChI is InChI=1S/C12H19N3O3S/c1-9-3-5-15(6-4-9)12(16)11-7-10(8-14(11)2)19(13,17)18/h7-9H,3-6H2,1-2H3,(H2,13,17,18). The lowest BCUT2D eigenvalue weighted by Gasteiger charge is -2.30. The van der Waals surface area contributed by atoms with Gasteiger partial charge in [-0.25, -0.2) is 13.6 Å². The Kier molecular flexibility index (Phi) is 3.69. The van der Waals surface area contributed by atoms with Crippen LogP contribution in [-0.4, -0.2) is 36.9 Å². The van der Waals surface area contributed by atoms with Crippen LogP contribution in [0.1, 0.15) is 30.3 Å². The Bertz CT molecular complexity index is 583. The molecule has 2 rings (SSSR count). The fourth-order valence-corrected chi connectivity index (χ4v) is 2.86. The number of aromatic nitrogens is 1. The molecule has 1 fully saturated rings. The van der Waals surface area contributed by atoms with Gasteiger partial charge in [0.2, 0.25) is 10.0 Å². The Morgan fingerprint density at radius 3 is 2.42 bits per heavy atom. The van der Waals surface area contributed by atoms with Gasteiger partial charge in [0.1, 0.15) is 10.6 Å². The zero-order chi connectivity index (χ0) is 14.2. The Balaban J connectivity index is 2.22. The zero-order valence-electron chi connectivity index (χ0n) is 11.2. The van der Waals surface area contributed by atoms with E-state index in [1.165, 1.54) is 16.8 Å². The molecule has 7 heteroatoms. The smallest absolute Gasteiger partial charge is 0.270 e. The number of rotatable bonds is 2. The SMILES string of the molecule is CC1CCN(C(=O)c2cc(S(N)(=O)=O)cn2C)CC1. The van der Waals surface area contributed by atoms with E-state index in [0.29, 0.717) is 11.6 Å². The molecule has 0 aromatic carbocycles. The summed E-state index contributed by atoms with van der Waals surface area (Å²) in [5.41, 5.74) is 0.360. The Labute approximate surface area is 113 Å². The number of piperidine rings is 1. The van der Waals surface area contributed by atoms with E-state index in [4.69, 9.17) is 5.14 Å². The van der Waals surface area contributed by atoms with Crippen LogP contribution in [0.25, 0.3) is 0 Å². The van der Waals surface area contributed by atoms with Gasteiger partial charge in [0, 0.05) is 26.3 Å². The summed E-state index contributed by atoms with van der Waals surface area (Å²) in [7, 11) is -2.12. The molecule has 19 heavy (non-hydrogen) atoms. The third kappa shape index (κ3) is 2.98. The molecule has 0 saturated carbocycles. The largest absolute Gasteiger partial charge is 0.345 e. The predicted octanol–water partition coefficient (Wildman–Crippen LogP) is 0.545. The maximum Gasteiger partial charge on any atom is 0.270 e. The van der Waals surface area contributed by atoms with Crippen LogP contribution in [0, 0.1) is 5.92 Å². The highest BCUT2D eigenvalue weighted by Gasteiger charge is 2.24. The van der Waals surface area contributed by atoms with E-state index in [1.807, 2.05) is 0 Å². The lowest BCUT2D eigenvalue weighted by molar-refractivity contribution is 0.0687. The Morgan fingerprint density at radius 2 is 1.95 bits per heavy atom. The van der Waals surface area contributed by atoms with Gasteiger partial charge in [-0.05, 0) is 24.8 Å². The van der Waals surface area contributed by atoms with Crippen molar-refractivity contribution in [3.05, 3.63) is 18.0 Å². The number of primary sulfonamides is 1. The molecule has 0 spiro atoms. The highest BCUT2D eigenvalue weighted by atomic mass is 32.2. The van der Waals surface area contributed by atoms with E-state index in [1.54, 1.807) is 11.9 Å². The van der Waals surface area contributed by atoms with Crippen molar-refractivity contribution in [1.82, 2.24) is 9.47 Å². The van der Waals surface area contributed by atoms with Gasteiger partial charge >= 0.3 is 0 Å². The molecule has 1 aliphatic heterocycles. The minimum atomic E-state index is -3.77. The summed E-state index contributed by atoms with van der Waals surface area (Å²) in [6.07, 6.45) is 3.34. The van der Waals surface area contributed by atoms with Gasteiger partial charge in [0.25, 0.3) is 5.91 Å². The number of nitrogens with two attached hydrogens (primary N) is 1. The van der Waals surface area contributed by atoms with E-state index in [2.05, 4.69) is 6.92 Å². The van der Waals surface area contributed by atoms with Crippen LogP contribution in [0.2, 0.25) is 0 Å². The van der Waals surface area contributed by atoms with Crippen LogP contribution in [-0.2, 0) is 17.1 Å². The summed E-state index contributed by atoms with van der Waals surface area (Å²) in [5, 5.41) is 5.07. The molecule has 0 aliphatic carbocycles. The van der Waals surface area contributed by atoms with Crippen LogP contribution in [0.4, 0.5) is 0 Å². The summed E-state index contributed by atoms with van der Waals surface area (Å²) in [6.45, 7) is 3.61. The summed E-state index contributed by atoms with van der Waals surface area (Å²) in [4.78, 5) is 14.1. The van der Waals surface area contributed by atoms with Crippen molar-refractivity contribution in [3.63, 3.8) is 0 Å². The number of aryl methyl sites for hydroxylation is 1. The summed E-state index contributed by atoms with van der Waals surface area (Å²) >= 11 is 0. The molecule has 1 amide bonds. The highest BCUT2D eigenvalue weighted by molar-refractivity contribution is 7.89. The van der Waals surface area contributed by atoms with Crippen LogP contribution >= 0.6 is 0 Å². The van der Waals surface area contributed by atoms with Gasteiger partial charge in [-0.1, -0.05) is 6.92 Å². The Hall–Kier alpha value is -1.34. The second-order valence-electron chi connectivity index (χ2n) is 5.19. The van der Waals surface area contributed by atoms with Crippen molar-refractivity contribution in [2.24, 2.45) is 18.1 Å². The van der Waals surface area contributed by atoms with Gasteiger partial charge < -0.3 is 9.47 Å². The molecule has 0 bridgehead atoms. The second kappa shape index (κ2) is 4.97. The number of likely N-dealkylation sites (tertiary alicyclic amines) is 1. The highest BCUT2D eigenvalue weighted by Crippen LogP contribution is 2.19. The van der Waals surface area contributed by atoms with Gasteiger partial charge in [-0.2, -0.15) is 0 Å². The number of nitrogens with zero attached hydrogens (tertiary/aromatic N) is 2. The average molecular weight is 285 g/mol. The first kappa shape index (κ1) is 14.1. The summed E-state index contributed by atoms with van der Waals surface area (Å²) in [5.74, 6) is 0.502. The Morgan fingerprint density at radius 1 is 1.37 bits per heavy atom.